The maximum atomic E-state index is 13.4. The monoisotopic (exact) mass is 548 g/mol. The molecule has 0 amide bonds. The van der Waals surface area contributed by atoms with Gasteiger partial charge in [-0.15, -0.1) is 0 Å². The van der Waals surface area contributed by atoms with Gasteiger partial charge in [-0.3, -0.25) is 0 Å². The molecular weight excluding hydrogens is 502 g/mol. The molecule has 0 unspecified atom stereocenters. The summed E-state index contributed by atoms with van der Waals surface area (Å²) in [5, 5.41) is 0. The van der Waals surface area contributed by atoms with Crippen LogP contribution in [0.2, 0.25) is 0 Å². The van der Waals surface area contributed by atoms with Gasteiger partial charge < -0.3 is 4.74 Å². The first-order valence-corrected chi connectivity index (χ1v) is 14.2. The summed E-state index contributed by atoms with van der Waals surface area (Å²) >= 11 is 0. The van der Waals surface area contributed by atoms with Gasteiger partial charge >= 0.3 is 12.4 Å². The highest BCUT2D eigenvalue weighted by atomic mass is 19.4. The van der Waals surface area contributed by atoms with Gasteiger partial charge in [0.15, 0.2) is 0 Å². The quantitative estimate of drug-likeness (QED) is 0.223. The Morgan fingerprint density at radius 2 is 1.45 bits per heavy atom. The Morgan fingerprint density at radius 1 is 0.895 bits per heavy atom. The SMILES string of the molecule is Cc1cc(/C(=C\C(F)(F)F)C(F)(F)F)cc2c1O[C@](C)(CCC[C@H](C)CCC[C@H](C)CCCC(C)C)CC2. The van der Waals surface area contributed by atoms with E-state index in [0.29, 0.717) is 35.6 Å². The lowest BCUT2D eigenvalue weighted by molar-refractivity contribution is -0.0911. The smallest absolute Gasteiger partial charge is 0.417 e. The number of hydrogen-bond donors (Lipinski definition) is 0. The van der Waals surface area contributed by atoms with E-state index in [0.717, 1.165) is 37.2 Å². The van der Waals surface area contributed by atoms with Crippen LogP contribution in [0.1, 0.15) is 116 Å². The molecule has 7 heteroatoms. The molecule has 1 aromatic rings. The third kappa shape index (κ3) is 10.8. The van der Waals surface area contributed by atoms with Gasteiger partial charge in [-0.2, -0.15) is 26.3 Å². The fraction of sp³-hybridized carbons (Fsp3) is 0.742. The number of alkyl halides is 6. The Kier molecular flexibility index (Phi) is 11.7. The Morgan fingerprint density at radius 3 is 1.97 bits per heavy atom. The molecule has 0 saturated carbocycles. The zero-order chi connectivity index (χ0) is 28.7. The number of ether oxygens (including phenoxy) is 1. The van der Waals surface area contributed by atoms with E-state index in [1.165, 1.54) is 44.6 Å². The molecule has 2 rings (SSSR count). The molecule has 0 radical (unpaired) electrons. The van der Waals surface area contributed by atoms with E-state index >= 15 is 0 Å². The first kappa shape index (κ1) is 32.6. The second-order valence-corrected chi connectivity index (χ2v) is 12.3. The minimum Gasteiger partial charge on any atom is -0.487 e. The second-order valence-electron chi connectivity index (χ2n) is 12.3. The number of rotatable bonds is 13. The third-order valence-electron chi connectivity index (χ3n) is 7.82. The topological polar surface area (TPSA) is 9.23 Å². The Bertz CT molecular complexity index is 914. The van der Waals surface area contributed by atoms with Crippen LogP contribution in [-0.4, -0.2) is 18.0 Å². The van der Waals surface area contributed by atoms with Crippen LogP contribution in [0.5, 0.6) is 5.75 Å². The van der Waals surface area contributed by atoms with Crippen LogP contribution in [0.15, 0.2) is 18.2 Å². The van der Waals surface area contributed by atoms with Crippen molar-refractivity contribution >= 4 is 5.57 Å². The molecule has 0 saturated heterocycles. The van der Waals surface area contributed by atoms with E-state index in [9.17, 15) is 26.3 Å². The molecule has 1 nitrogen and oxygen atoms in total. The molecule has 0 aliphatic carbocycles. The molecule has 0 fully saturated rings. The average molecular weight is 549 g/mol. The number of allylic oxidation sites excluding steroid dienone is 2. The minimum absolute atomic E-state index is 0.427. The molecule has 0 aromatic heterocycles. The van der Waals surface area contributed by atoms with Gasteiger partial charge in [-0.25, -0.2) is 0 Å². The largest absolute Gasteiger partial charge is 0.487 e. The Hall–Kier alpha value is -1.66. The summed E-state index contributed by atoms with van der Waals surface area (Å²) in [6, 6.07) is 2.36. The van der Waals surface area contributed by atoms with E-state index < -0.39 is 35.2 Å². The lowest BCUT2D eigenvalue weighted by atomic mass is 9.85. The molecule has 0 bridgehead atoms. The maximum absolute atomic E-state index is 13.4. The predicted octanol–water partition coefficient (Wildman–Crippen LogP) is 11.0. The van der Waals surface area contributed by atoms with Crippen molar-refractivity contribution in [1.29, 1.82) is 0 Å². The molecule has 1 aliphatic rings. The van der Waals surface area contributed by atoms with Gasteiger partial charge in [0.2, 0.25) is 0 Å². The maximum Gasteiger partial charge on any atom is 0.417 e. The molecule has 0 spiro atoms. The van der Waals surface area contributed by atoms with E-state index in [4.69, 9.17) is 4.74 Å². The normalized spacial score (nSPS) is 20.3. The van der Waals surface area contributed by atoms with E-state index in [1.807, 2.05) is 6.92 Å². The van der Waals surface area contributed by atoms with Gasteiger partial charge in [0.25, 0.3) is 0 Å². The summed E-state index contributed by atoms with van der Waals surface area (Å²) in [7, 11) is 0. The van der Waals surface area contributed by atoms with Crippen molar-refractivity contribution in [3.8, 4) is 5.75 Å². The zero-order valence-electron chi connectivity index (χ0n) is 23.9. The first-order chi connectivity index (χ1) is 17.5. The number of aryl methyl sites for hydroxylation is 2. The van der Waals surface area contributed by atoms with Crippen LogP contribution in [-0.2, 0) is 6.42 Å². The van der Waals surface area contributed by atoms with Crippen molar-refractivity contribution in [2.75, 3.05) is 0 Å². The van der Waals surface area contributed by atoms with Crippen molar-refractivity contribution in [3.05, 3.63) is 34.9 Å². The van der Waals surface area contributed by atoms with E-state index in [1.54, 1.807) is 6.92 Å². The van der Waals surface area contributed by atoms with Crippen LogP contribution in [0.3, 0.4) is 0 Å². The summed E-state index contributed by atoms with van der Waals surface area (Å²) in [6.07, 6.45) is 0.856. The summed E-state index contributed by atoms with van der Waals surface area (Å²) in [6.45, 7) is 12.8. The highest BCUT2D eigenvalue weighted by molar-refractivity contribution is 5.72. The highest BCUT2D eigenvalue weighted by Crippen LogP contribution is 2.43. The molecule has 0 N–H and O–H groups in total. The average Bonchev–Trinajstić information content (AvgIpc) is 2.76. The summed E-state index contributed by atoms with van der Waals surface area (Å²) in [4.78, 5) is 0. The van der Waals surface area contributed by atoms with Gasteiger partial charge in [-0.1, -0.05) is 72.6 Å². The van der Waals surface area contributed by atoms with Crippen molar-refractivity contribution in [2.45, 2.75) is 130 Å². The van der Waals surface area contributed by atoms with Crippen molar-refractivity contribution < 1.29 is 31.1 Å². The molecule has 38 heavy (non-hydrogen) atoms. The van der Waals surface area contributed by atoms with Crippen molar-refractivity contribution in [1.82, 2.24) is 0 Å². The van der Waals surface area contributed by atoms with Crippen LogP contribution in [0.4, 0.5) is 26.3 Å². The van der Waals surface area contributed by atoms with Gasteiger partial charge in [0, 0.05) is 6.08 Å². The molecule has 3 atom stereocenters. The molecule has 1 aromatic carbocycles. The van der Waals surface area contributed by atoms with E-state index in [-0.39, 0.29) is 0 Å². The number of benzene rings is 1. The molecule has 218 valence electrons. The second kappa shape index (κ2) is 13.6. The Balaban J connectivity index is 1.91. The van der Waals surface area contributed by atoms with Crippen molar-refractivity contribution in [2.24, 2.45) is 17.8 Å². The Labute approximate surface area is 225 Å². The van der Waals surface area contributed by atoms with Crippen LogP contribution < -0.4 is 4.74 Å². The van der Waals surface area contributed by atoms with E-state index in [2.05, 4.69) is 27.7 Å². The molecule has 1 heterocycles. The molecule has 1 aliphatic heterocycles. The summed E-state index contributed by atoms with van der Waals surface area (Å²) < 4.78 is 85.0. The number of fused-ring (bicyclic) bond motifs is 1. The fourth-order valence-corrected chi connectivity index (χ4v) is 5.50. The summed E-state index contributed by atoms with van der Waals surface area (Å²) in [5.74, 6) is 2.68. The first-order valence-electron chi connectivity index (χ1n) is 14.2. The standard InChI is InChI=1S/C31H46F6O/c1-21(2)10-7-11-22(3)12-8-13-23(4)14-9-16-29(6)17-15-25-19-26(18-24(5)28(25)38-29)27(31(35,36)37)20-30(32,33)34/h18-23H,7-17H2,1-6H3/b27-20+/t22-,23-,29-/m1/s1. The van der Waals surface area contributed by atoms with Crippen molar-refractivity contribution in [3.63, 3.8) is 0 Å². The predicted molar refractivity (Wildman–Crippen MR) is 143 cm³/mol. The van der Waals surface area contributed by atoms with Crippen LogP contribution in [0, 0.1) is 24.7 Å². The van der Waals surface area contributed by atoms with Gasteiger partial charge in [0.05, 0.1) is 5.57 Å². The zero-order valence-corrected chi connectivity index (χ0v) is 23.9. The lowest BCUT2D eigenvalue weighted by Gasteiger charge is -2.37. The van der Waals surface area contributed by atoms with Gasteiger partial charge in [0.1, 0.15) is 11.4 Å². The number of halogens is 6. The third-order valence-corrected chi connectivity index (χ3v) is 7.82. The number of hydrogen-bond acceptors (Lipinski definition) is 1. The fourth-order valence-electron chi connectivity index (χ4n) is 5.50. The minimum atomic E-state index is -5.11. The van der Waals surface area contributed by atoms with Crippen LogP contribution >= 0.6 is 0 Å². The lowest BCUT2D eigenvalue weighted by Crippen LogP contribution is -2.36. The molecular formula is C31H46F6O. The summed E-state index contributed by atoms with van der Waals surface area (Å²) in [5.41, 5.74) is -1.62. The van der Waals surface area contributed by atoms with Gasteiger partial charge in [-0.05, 0) is 86.1 Å². The van der Waals surface area contributed by atoms with Crippen LogP contribution in [0.25, 0.3) is 5.57 Å². The highest BCUT2D eigenvalue weighted by Gasteiger charge is 2.40.